The van der Waals surface area contributed by atoms with Gasteiger partial charge < -0.3 is 80.5 Å². The molecule has 10 amide bonds. The molecule has 402 valence electrons. The summed E-state index contributed by atoms with van der Waals surface area (Å²) in [6, 6.07) is 0. The summed E-state index contributed by atoms with van der Waals surface area (Å²) in [7, 11) is 9.22. The van der Waals surface area contributed by atoms with Crippen molar-refractivity contribution in [3.05, 3.63) is 0 Å². The molecule has 70 heavy (non-hydrogen) atoms. The number of carbonyl (C=O) groups is 11. The summed E-state index contributed by atoms with van der Waals surface area (Å²) in [5, 5.41) is 27.2. The summed E-state index contributed by atoms with van der Waals surface area (Å²) >= 11 is 0. The second kappa shape index (κ2) is 42.0. The number of likely N-dealkylation sites (N-methyl/N-ethyl adjacent to an activating group) is 1. The van der Waals surface area contributed by atoms with Crippen molar-refractivity contribution in [2.45, 2.75) is 51.4 Å². The summed E-state index contributed by atoms with van der Waals surface area (Å²) in [5.74, 6) is -1.92. The number of nitrogens with one attached hydrogen (secondary N) is 7. The van der Waals surface area contributed by atoms with Gasteiger partial charge in [-0.2, -0.15) is 0 Å². The van der Waals surface area contributed by atoms with Gasteiger partial charge in [-0.1, -0.05) is 0 Å². The zero-order valence-electron chi connectivity index (χ0n) is 41.1. The molecule has 30 heteroatoms. The van der Waals surface area contributed by atoms with E-state index in [4.69, 9.17) is 9.94 Å². The highest BCUT2D eigenvalue weighted by Crippen LogP contribution is 2.12. The SMILES string of the molecule is CNC(=O)CN(CCCNC(=O)OC)CCCNC(=O)OC.COC(=O)NCCCN(CCCNC(=O)OC)C(=O)O.COC(=O)NCCCN(CCCNC(=O)OC)CC(=O)ON1C(=O)CCC1=O. The van der Waals surface area contributed by atoms with Crippen LogP contribution in [0.2, 0.25) is 0 Å². The Kier molecular flexibility index (Phi) is 39.0. The molecule has 0 aliphatic carbocycles. The third-order valence-electron chi connectivity index (χ3n) is 9.01. The van der Waals surface area contributed by atoms with Gasteiger partial charge in [0.1, 0.15) is 0 Å². The van der Waals surface area contributed by atoms with Crippen LogP contribution in [0.4, 0.5) is 33.6 Å². The Hall–Kier alpha value is -7.11. The standard InChI is InChI=1S/C16H26N4O8.C13H26N4O5.C11H21N3O6/c1-26-15(24)17-7-3-9-19(10-4-8-18-16(25)27-2)11-14(23)28-20-12(21)5-6-13(20)22;1-14-11(18)10-17(8-4-6-15-12(19)21-2)9-5-7-16-13(20)22-3;1-19-9(15)12-5-3-7-14(11(17)18)8-4-6-13-10(16)20-2/h3-11H2,1-2H3,(H,17,24)(H,18,25);4-10H2,1-3H3,(H,14,18)(H,15,19)(H,16,20);3-8H2,1-2H3,(H,12,15)(H,13,16)(H,17,18). The van der Waals surface area contributed by atoms with E-state index in [0.717, 1.165) is 0 Å². The Morgan fingerprint density at radius 1 is 0.471 bits per heavy atom. The van der Waals surface area contributed by atoms with Crippen molar-refractivity contribution < 1.29 is 91.1 Å². The predicted molar refractivity (Wildman–Crippen MR) is 244 cm³/mol. The van der Waals surface area contributed by atoms with Crippen molar-refractivity contribution in [1.29, 1.82) is 0 Å². The largest absolute Gasteiger partial charge is 0.465 e. The van der Waals surface area contributed by atoms with Gasteiger partial charge in [-0.25, -0.2) is 38.4 Å². The number of nitrogens with zero attached hydrogens (tertiary/aromatic N) is 4. The third kappa shape index (κ3) is 36.0. The van der Waals surface area contributed by atoms with Gasteiger partial charge in [-0.05, 0) is 38.5 Å². The molecule has 0 bridgehead atoms. The van der Waals surface area contributed by atoms with E-state index in [9.17, 15) is 52.7 Å². The van der Waals surface area contributed by atoms with Gasteiger partial charge in [0.05, 0.1) is 55.7 Å². The van der Waals surface area contributed by atoms with Crippen LogP contribution >= 0.6 is 0 Å². The Balaban J connectivity index is 0. The molecule has 0 atom stereocenters. The van der Waals surface area contributed by atoms with E-state index in [1.165, 1.54) is 47.6 Å². The average molecular weight is 1010 g/mol. The quantitative estimate of drug-likeness (QED) is 0.0263. The number of carbonyl (C=O) groups excluding carboxylic acids is 10. The lowest BCUT2D eigenvalue weighted by Crippen LogP contribution is -2.40. The topological polar surface area (TPSA) is 370 Å². The zero-order chi connectivity index (χ0) is 53.1. The third-order valence-corrected chi connectivity index (χ3v) is 9.01. The van der Waals surface area contributed by atoms with Gasteiger partial charge in [0.2, 0.25) is 5.91 Å². The number of methoxy groups -OCH3 is 6. The molecule has 0 radical (unpaired) electrons. The number of hydroxylamine groups is 2. The molecule has 0 aromatic carbocycles. The molecule has 1 fully saturated rings. The number of rotatable bonds is 29. The minimum Gasteiger partial charge on any atom is -0.465 e. The van der Waals surface area contributed by atoms with Crippen LogP contribution < -0.4 is 37.2 Å². The maximum absolute atomic E-state index is 12.1. The first-order chi connectivity index (χ1) is 33.4. The van der Waals surface area contributed by atoms with E-state index in [-0.39, 0.29) is 44.9 Å². The maximum atomic E-state index is 12.1. The lowest BCUT2D eigenvalue weighted by Gasteiger charge is -2.22. The van der Waals surface area contributed by atoms with Crippen molar-refractivity contribution in [3.8, 4) is 0 Å². The molecule has 0 spiro atoms. The summed E-state index contributed by atoms with van der Waals surface area (Å²) in [6.45, 7) is 5.12. The Labute approximate surface area is 406 Å². The fourth-order valence-corrected chi connectivity index (χ4v) is 5.42. The van der Waals surface area contributed by atoms with Gasteiger partial charge >= 0.3 is 48.6 Å². The van der Waals surface area contributed by atoms with Crippen LogP contribution in [0.5, 0.6) is 0 Å². The molecule has 1 rings (SSSR count). The van der Waals surface area contributed by atoms with Gasteiger partial charge in [0.15, 0.2) is 0 Å². The van der Waals surface area contributed by atoms with E-state index >= 15 is 0 Å². The van der Waals surface area contributed by atoms with Crippen molar-refractivity contribution in [2.24, 2.45) is 0 Å². The summed E-state index contributed by atoms with van der Waals surface area (Å²) in [5.41, 5.74) is 0. The fourth-order valence-electron chi connectivity index (χ4n) is 5.42. The molecule has 8 N–H and O–H groups in total. The normalized spacial score (nSPS) is 11.2. The first kappa shape index (κ1) is 65.0. The molecule has 1 aliphatic rings. The lowest BCUT2D eigenvalue weighted by atomic mass is 10.3. The van der Waals surface area contributed by atoms with E-state index in [0.29, 0.717) is 109 Å². The summed E-state index contributed by atoms with van der Waals surface area (Å²) in [4.78, 5) is 133. The van der Waals surface area contributed by atoms with Crippen LogP contribution in [0, 0.1) is 0 Å². The second-order valence-corrected chi connectivity index (χ2v) is 14.2. The predicted octanol–water partition coefficient (Wildman–Crippen LogP) is -0.627. The van der Waals surface area contributed by atoms with Crippen molar-refractivity contribution in [3.63, 3.8) is 0 Å². The average Bonchev–Trinajstić information content (AvgIpc) is 3.67. The van der Waals surface area contributed by atoms with E-state index < -0.39 is 60.4 Å². The highest BCUT2D eigenvalue weighted by Gasteiger charge is 2.33. The fraction of sp³-hybridized carbons (Fsp3) is 0.725. The highest BCUT2D eigenvalue weighted by atomic mass is 16.7. The molecular weight excluding hydrogens is 938 g/mol. The number of alkyl carbamates (subject to hydrolysis) is 6. The molecule has 1 heterocycles. The van der Waals surface area contributed by atoms with Crippen molar-refractivity contribution >= 4 is 66.3 Å². The Morgan fingerprint density at radius 2 is 0.743 bits per heavy atom. The molecule has 0 aromatic rings. The first-order valence-electron chi connectivity index (χ1n) is 22.0. The van der Waals surface area contributed by atoms with Crippen molar-refractivity contribution in [1.82, 2.24) is 57.0 Å². The molecular formula is C40H73N11O19. The zero-order valence-corrected chi connectivity index (χ0v) is 41.1. The molecule has 0 unspecified atom stereocenters. The number of imide groups is 1. The van der Waals surface area contributed by atoms with Crippen LogP contribution in [-0.2, 0) is 52.4 Å². The smallest absolute Gasteiger partial charge is 0.407 e. The van der Waals surface area contributed by atoms with E-state index in [2.05, 4.69) is 65.6 Å². The Bertz CT molecular complexity index is 1520. The maximum Gasteiger partial charge on any atom is 0.407 e. The monoisotopic (exact) mass is 1010 g/mol. The van der Waals surface area contributed by atoms with Crippen LogP contribution in [0.1, 0.15) is 51.4 Å². The molecule has 0 aromatic heterocycles. The van der Waals surface area contributed by atoms with Crippen LogP contribution in [0.15, 0.2) is 0 Å². The molecule has 0 saturated carbocycles. The molecule has 30 nitrogen and oxygen atoms in total. The van der Waals surface area contributed by atoms with Crippen LogP contribution in [-0.4, -0.2) is 233 Å². The van der Waals surface area contributed by atoms with Gasteiger partial charge in [-0.3, -0.25) is 24.2 Å². The Morgan fingerprint density at radius 3 is 1.00 bits per heavy atom. The number of hydrogen-bond acceptors (Lipinski definition) is 20. The van der Waals surface area contributed by atoms with Gasteiger partial charge in [0.25, 0.3) is 11.8 Å². The number of hydrogen-bond donors (Lipinski definition) is 8. The van der Waals surface area contributed by atoms with Crippen LogP contribution in [0.3, 0.4) is 0 Å². The minimum atomic E-state index is -1.04. The van der Waals surface area contributed by atoms with Crippen molar-refractivity contribution in [2.75, 3.05) is 141 Å². The second-order valence-electron chi connectivity index (χ2n) is 14.2. The lowest BCUT2D eigenvalue weighted by molar-refractivity contribution is -0.198. The number of carboxylic acid groups (broad SMARTS) is 1. The molecule has 1 saturated heterocycles. The van der Waals surface area contributed by atoms with E-state index in [1.807, 2.05) is 4.90 Å². The van der Waals surface area contributed by atoms with Gasteiger partial charge in [-0.15, -0.1) is 5.06 Å². The first-order valence-corrected chi connectivity index (χ1v) is 22.0. The van der Waals surface area contributed by atoms with Gasteiger partial charge in [0, 0.05) is 98.4 Å². The summed E-state index contributed by atoms with van der Waals surface area (Å²) in [6.07, 6.45) is -0.765. The highest BCUT2D eigenvalue weighted by molar-refractivity contribution is 6.01. The number of ether oxygens (including phenoxy) is 6. The minimum absolute atomic E-state index is 0.0220. The summed E-state index contributed by atoms with van der Waals surface area (Å²) < 4.78 is 26.7. The van der Waals surface area contributed by atoms with Crippen LogP contribution in [0.25, 0.3) is 0 Å². The van der Waals surface area contributed by atoms with E-state index in [1.54, 1.807) is 11.9 Å². The number of amides is 10. The molecule has 1 aliphatic heterocycles.